The predicted molar refractivity (Wildman–Crippen MR) is 527 cm³/mol. The van der Waals surface area contributed by atoms with Gasteiger partial charge in [0, 0.05) is 33.3 Å². The molecule has 0 unspecified atom stereocenters. The molecule has 10 aromatic carbocycles. The van der Waals surface area contributed by atoms with Crippen LogP contribution in [0.2, 0.25) is 40.9 Å². The van der Waals surface area contributed by atoms with Gasteiger partial charge in [0.1, 0.15) is 32.8 Å². The maximum Gasteiger partial charge on any atom is 0.591 e. The number of hydrogen-bond acceptors (Lipinski definition) is 9. The number of rotatable bonds is 16. The minimum Gasteiger partial charge on any atom is -0.526 e. The monoisotopic (exact) mass is 1840 g/mol. The minimum absolute atomic E-state index is 0.188. The number of para-hydroxylation sites is 4. The largest absolute Gasteiger partial charge is 0.591 e. The van der Waals surface area contributed by atoms with Gasteiger partial charge in [0.2, 0.25) is 20.1 Å². The lowest BCUT2D eigenvalue weighted by molar-refractivity contribution is -0.111. The summed E-state index contributed by atoms with van der Waals surface area (Å²) in [7, 11) is -0.269. The molecule has 0 aliphatic carbocycles. The number of sulfone groups is 1. The molecule has 2 saturated heterocycles. The Bertz CT molecular complexity index is 3420. The molecule has 0 radical (unpaired) electrons. The normalized spacial score (nSPS) is 10.5. The molecule has 690 valence electrons. The molecule has 0 amide bonds. The van der Waals surface area contributed by atoms with E-state index in [9.17, 15) is 61.1 Å². The molecule has 10 aromatic rings. The summed E-state index contributed by atoms with van der Waals surface area (Å²) in [5.74, 6) is 5.06. The second kappa shape index (κ2) is 92.5. The van der Waals surface area contributed by atoms with E-state index in [0.717, 1.165) is 35.5 Å². The summed E-state index contributed by atoms with van der Waals surface area (Å²) in [6.45, 7) is 34.1. The van der Waals surface area contributed by atoms with Gasteiger partial charge in [-0.2, -0.15) is 31.6 Å². The third kappa shape index (κ3) is 81.6. The van der Waals surface area contributed by atoms with Crippen LogP contribution in [0.5, 0.6) is 23.0 Å². The van der Waals surface area contributed by atoms with Crippen molar-refractivity contribution in [1.29, 1.82) is 5.26 Å². The highest BCUT2D eigenvalue weighted by Crippen LogP contribution is 2.19. The smallest absolute Gasteiger partial charge is 0.526 e. The molecule has 0 bridgehead atoms. The molecule has 0 atom stereocenters. The van der Waals surface area contributed by atoms with E-state index in [1.165, 1.54) is 98.0 Å². The van der Waals surface area contributed by atoms with Crippen LogP contribution < -0.4 is 51.4 Å². The summed E-state index contributed by atoms with van der Waals surface area (Å²) < 4.78 is 161. The SMILES string of the molecule is CB(N1CCCCC1)N1CCCC1.CB(Oc1ccccc1)Oc1ccccc1.CB(Oc1ccccc1)Oc1ccccc1.CB(c1ccccc1)c1ccccc1.CB(c1ccccc1)c1ccccc1.CB(c1ccccc1)c1ccccc1.CBr.CC.CC.CC.CC#N.CC(F)(F)F.CC(F)(F)F.CF.CF.CF.CF.CF.CF.CS(C)(=O)=O. The number of nitrogens with zero attached hydrogens (tertiary/aromatic N) is 3. The van der Waals surface area contributed by atoms with E-state index < -0.39 is 22.2 Å². The van der Waals surface area contributed by atoms with E-state index in [2.05, 4.69) is 235 Å². The number of benzene rings is 10. The summed E-state index contributed by atoms with van der Waals surface area (Å²) in [6, 6.07) is 104. The first kappa shape index (κ1) is 131. The highest BCUT2D eigenvalue weighted by Gasteiger charge is 2.28. The first-order valence-corrected chi connectivity index (χ1v) is 44.9. The van der Waals surface area contributed by atoms with Crippen molar-refractivity contribution in [2.24, 2.45) is 0 Å². The molecule has 12 rings (SSSR count). The van der Waals surface area contributed by atoms with Gasteiger partial charge in [-0.1, -0.05) is 379 Å². The molecule has 2 heterocycles. The first-order valence-electron chi connectivity index (χ1n) is 41.0. The Morgan fingerprint density at radius 2 is 0.416 bits per heavy atom. The lowest BCUT2D eigenvalue weighted by Crippen LogP contribution is -2.51. The Kier molecular flexibility index (Phi) is 97.1. The predicted octanol–water partition coefficient (Wildman–Crippen LogP) is 24.9. The van der Waals surface area contributed by atoms with Crippen LogP contribution in [0.3, 0.4) is 0 Å². The van der Waals surface area contributed by atoms with Gasteiger partial charge in [0.25, 0.3) is 0 Å². The third-order valence-corrected chi connectivity index (χ3v) is 15.6. The number of hydrogen-bond donors (Lipinski definition) is 0. The van der Waals surface area contributed by atoms with Crippen molar-refractivity contribution < 1.29 is 79.7 Å². The molecule has 0 N–H and O–H groups in total. The Hall–Kier alpha value is -9.21. The van der Waals surface area contributed by atoms with E-state index in [1.54, 1.807) is 6.07 Å². The molecule has 2 aliphatic heterocycles. The van der Waals surface area contributed by atoms with Crippen LogP contribution in [0.25, 0.3) is 0 Å². The van der Waals surface area contributed by atoms with E-state index in [0.29, 0.717) is 70.2 Å². The highest BCUT2D eigenvalue weighted by molar-refractivity contribution is 9.08. The third-order valence-electron chi connectivity index (χ3n) is 15.6. The molecular weight excluding hydrogens is 1700 g/mol. The maximum absolute atomic E-state index is 10.4. The van der Waals surface area contributed by atoms with Crippen LogP contribution in [0.15, 0.2) is 303 Å². The van der Waals surface area contributed by atoms with Gasteiger partial charge in [0.15, 0.2) is 0 Å². The van der Waals surface area contributed by atoms with E-state index in [1.807, 2.05) is 182 Å². The molecule has 2 aliphatic rings. The molecule has 9 nitrogen and oxygen atoms in total. The molecule has 29 heteroatoms. The van der Waals surface area contributed by atoms with Gasteiger partial charge >= 0.3 is 33.6 Å². The van der Waals surface area contributed by atoms with Crippen LogP contribution in [-0.2, 0) is 9.84 Å². The van der Waals surface area contributed by atoms with Crippen molar-refractivity contribution >= 4 is 99.9 Å². The molecular formula is C96H140B6BrF12N3O6S. The Morgan fingerprint density at radius 3 is 0.544 bits per heavy atom. The Labute approximate surface area is 757 Å². The van der Waals surface area contributed by atoms with E-state index in [-0.39, 0.29) is 28.1 Å². The quantitative estimate of drug-likeness (QED) is 0.0532. The van der Waals surface area contributed by atoms with Crippen molar-refractivity contribution in [3.8, 4) is 29.1 Å². The number of halogens is 13. The average molecular weight is 1840 g/mol. The van der Waals surface area contributed by atoms with Gasteiger partial charge in [-0.3, -0.25) is 26.3 Å². The van der Waals surface area contributed by atoms with Crippen molar-refractivity contribution in [3.05, 3.63) is 303 Å². The van der Waals surface area contributed by atoms with E-state index >= 15 is 0 Å². The molecule has 2 fully saturated rings. The van der Waals surface area contributed by atoms with Gasteiger partial charge < -0.3 is 28.2 Å². The number of alkyl halides is 13. The van der Waals surface area contributed by atoms with Crippen molar-refractivity contribution in [1.82, 2.24) is 9.62 Å². The van der Waals surface area contributed by atoms with Crippen LogP contribution in [0, 0.1) is 11.3 Å². The zero-order valence-electron chi connectivity index (χ0n) is 78.3. The zero-order valence-corrected chi connectivity index (χ0v) is 80.7. The number of nitriles is 1. The van der Waals surface area contributed by atoms with Gasteiger partial charge in [-0.05, 0) is 120 Å². The summed E-state index contributed by atoms with van der Waals surface area (Å²) >= 11 is 2.94. The van der Waals surface area contributed by atoms with Crippen molar-refractivity contribution in [3.63, 3.8) is 0 Å². The fraction of sp³-hybridized carbons (Fsp3) is 0.365. The van der Waals surface area contributed by atoms with Crippen molar-refractivity contribution in [2.75, 3.05) is 87.6 Å². The lowest BCUT2D eigenvalue weighted by atomic mass is 9.43. The van der Waals surface area contributed by atoms with Gasteiger partial charge in [-0.15, -0.1) is 0 Å². The first-order chi connectivity index (χ1) is 60.1. The average Bonchev–Trinajstić information content (AvgIpc) is 1.60. The molecule has 0 spiro atoms. The minimum atomic E-state index is -4.00. The summed E-state index contributed by atoms with van der Waals surface area (Å²) in [4.78, 5) is 5.31. The topological polar surface area (TPSA) is 101 Å². The Morgan fingerprint density at radius 1 is 0.304 bits per heavy atom. The van der Waals surface area contributed by atoms with Crippen LogP contribution in [-0.4, -0.2) is 159 Å². The second-order valence-electron chi connectivity index (χ2n) is 24.9. The maximum atomic E-state index is 10.4. The zero-order chi connectivity index (χ0) is 97.1. The van der Waals surface area contributed by atoms with Crippen LogP contribution in [0.4, 0.5) is 52.7 Å². The summed E-state index contributed by atoms with van der Waals surface area (Å²) in [5, 5.41) is 7.32. The lowest BCUT2D eigenvalue weighted by Gasteiger charge is -2.35. The highest BCUT2D eigenvalue weighted by atomic mass is 79.9. The molecule has 0 saturated carbocycles. The number of piperidine rings is 1. The van der Waals surface area contributed by atoms with Crippen LogP contribution >= 0.6 is 15.9 Å². The molecule has 0 aromatic heterocycles. The fourth-order valence-corrected chi connectivity index (χ4v) is 10.5. The van der Waals surface area contributed by atoms with E-state index in [4.69, 9.17) is 23.9 Å². The van der Waals surface area contributed by atoms with Gasteiger partial charge in [-0.25, -0.2) is 8.42 Å². The van der Waals surface area contributed by atoms with Crippen molar-refractivity contribution in [2.45, 2.75) is 148 Å². The summed E-state index contributed by atoms with van der Waals surface area (Å²) in [5.41, 5.74) is 8.24. The second-order valence-corrected chi connectivity index (χ2v) is 27.2. The fourth-order valence-electron chi connectivity index (χ4n) is 10.5. The van der Waals surface area contributed by atoms with Gasteiger partial charge in [0.05, 0.1) is 49.1 Å². The molecule has 125 heavy (non-hydrogen) atoms. The summed E-state index contributed by atoms with van der Waals surface area (Å²) in [6.07, 6.45) is 1.43. The Balaban J connectivity index is -0.000000203. The van der Waals surface area contributed by atoms with Crippen LogP contribution in [0.1, 0.15) is 94.4 Å². The standard InChI is InChI=1S/2C13H13BO2.3C13H13B.C10H21BN2.2C2H3F3.C2H3N.C2H6O2S.3C2H6.CH3Br.6CH3F/c2*1-14(15-12-8-4-2-5-9-12)16-13-10-6-3-7-11-13;3*1-14(12-8-4-2-5-9-12)13-10-6-3-7-11-13;1-11(13-9-5-6-10-13)12-7-3-2-4-8-12;2*1-2(3,4)5;1-2-3;1-5(2,3)4;10*1-2/h2*2-11H,1H3;3*2-11H,1H3;2-10H2,1H3;2*1H3;1H3;1-2H3;3*1-2H3;7*1H3.